The first kappa shape index (κ1) is 7.79. The fourth-order valence-electron chi connectivity index (χ4n) is 1.93. The maximum Gasteiger partial charge on any atom is 0.271 e. The Morgan fingerprint density at radius 3 is 3.00 bits per heavy atom. The third kappa shape index (κ3) is 0.999. The molecule has 0 radical (unpaired) electrons. The molecule has 4 heteroatoms. The van der Waals surface area contributed by atoms with Crippen LogP contribution >= 0.6 is 0 Å². The van der Waals surface area contributed by atoms with Gasteiger partial charge in [-0.05, 0) is 30.4 Å². The van der Waals surface area contributed by atoms with Crippen molar-refractivity contribution in [2.24, 2.45) is 0 Å². The van der Waals surface area contributed by atoms with Crippen molar-refractivity contribution in [3.63, 3.8) is 0 Å². The molecule has 0 atom stereocenters. The van der Waals surface area contributed by atoms with Crippen molar-refractivity contribution in [3.8, 4) is 0 Å². The zero-order valence-electron chi connectivity index (χ0n) is 7.73. The molecule has 0 spiro atoms. The Morgan fingerprint density at radius 2 is 2.29 bits per heavy atom. The average Bonchev–Trinajstić information content (AvgIpc) is 2.48. The number of nitrogens with zero attached hydrogens (tertiary/aromatic N) is 2. The highest BCUT2D eigenvalue weighted by Crippen LogP contribution is 2.35. The van der Waals surface area contributed by atoms with Crippen LogP contribution in [0.15, 0.2) is 23.3 Å². The molecule has 0 aliphatic heterocycles. The number of H-pyrrole nitrogens is 1. The number of aromatic amines is 1. The number of fused-ring (bicyclic) bond motifs is 1. The van der Waals surface area contributed by atoms with E-state index in [0.717, 1.165) is 11.2 Å². The molecule has 1 fully saturated rings. The largest absolute Gasteiger partial charge is 0.279 e. The van der Waals surface area contributed by atoms with E-state index in [1.165, 1.54) is 23.8 Å². The van der Waals surface area contributed by atoms with Gasteiger partial charge in [0.25, 0.3) is 5.56 Å². The number of hydrogen-bond acceptors (Lipinski definition) is 2. The second-order valence-corrected chi connectivity index (χ2v) is 3.84. The monoisotopic (exact) mass is 189 g/mol. The van der Waals surface area contributed by atoms with Crippen molar-refractivity contribution in [1.82, 2.24) is 14.6 Å². The van der Waals surface area contributed by atoms with Crippen LogP contribution in [0.3, 0.4) is 0 Å². The molecule has 1 aliphatic rings. The number of rotatable bonds is 1. The minimum atomic E-state index is -0.0121. The zero-order chi connectivity index (χ0) is 9.54. The molecule has 4 nitrogen and oxygen atoms in total. The third-order valence-electron chi connectivity index (χ3n) is 3.00. The molecule has 14 heavy (non-hydrogen) atoms. The van der Waals surface area contributed by atoms with Crippen molar-refractivity contribution in [2.75, 3.05) is 0 Å². The summed E-state index contributed by atoms with van der Waals surface area (Å²) in [6, 6.07) is 3.72. The SMILES string of the molecule is O=c1cc(C2CCC2)cc2nc[nH]n12. The minimum absolute atomic E-state index is 0.0121. The van der Waals surface area contributed by atoms with Crippen molar-refractivity contribution >= 4 is 5.65 Å². The van der Waals surface area contributed by atoms with Gasteiger partial charge in [-0.25, -0.2) is 9.50 Å². The van der Waals surface area contributed by atoms with E-state index in [4.69, 9.17) is 0 Å². The molecule has 1 saturated carbocycles. The standard InChI is InChI=1S/C10H11N3O/c14-10-5-8(7-2-1-3-7)4-9-11-6-12-13(9)10/h4-7H,1-3H2,(H,11,12). The summed E-state index contributed by atoms with van der Waals surface area (Å²) in [5.41, 5.74) is 1.86. The summed E-state index contributed by atoms with van der Waals surface area (Å²) in [6.45, 7) is 0. The van der Waals surface area contributed by atoms with Crippen LogP contribution in [-0.2, 0) is 0 Å². The number of hydrogen-bond donors (Lipinski definition) is 1. The Labute approximate surface area is 80.6 Å². The first-order chi connectivity index (χ1) is 6.84. The van der Waals surface area contributed by atoms with Crippen LogP contribution in [0.2, 0.25) is 0 Å². The highest BCUT2D eigenvalue weighted by molar-refractivity contribution is 5.41. The Kier molecular flexibility index (Phi) is 1.50. The maximum atomic E-state index is 11.6. The molecule has 1 N–H and O–H groups in total. The van der Waals surface area contributed by atoms with Crippen molar-refractivity contribution in [1.29, 1.82) is 0 Å². The van der Waals surface area contributed by atoms with Gasteiger partial charge in [-0.15, -0.1) is 0 Å². The van der Waals surface area contributed by atoms with Gasteiger partial charge in [0.05, 0.1) is 0 Å². The van der Waals surface area contributed by atoms with Gasteiger partial charge in [0.2, 0.25) is 0 Å². The molecule has 0 aromatic carbocycles. The molecule has 2 heterocycles. The van der Waals surface area contributed by atoms with Crippen LogP contribution in [0.1, 0.15) is 30.7 Å². The number of nitrogens with one attached hydrogen (secondary N) is 1. The van der Waals surface area contributed by atoms with Gasteiger partial charge in [-0.2, -0.15) is 0 Å². The van der Waals surface area contributed by atoms with Gasteiger partial charge in [-0.1, -0.05) is 6.42 Å². The first-order valence-electron chi connectivity index (χ1n) is 4.91. The minimum Gasteiger partial charge on any atom is -0.279 e. The van der Waals surface area contributed by atoms with Crippen molar-refractivity contribution in [2.45, 2.75) is 25.2 Å². The van der Waals surface area contributed by atoms with Crippen LogP contribution in [0.25, 0.3) is 5.65 Å². The lowest BCUT2D eigenvalue weighted by Crippen LogP contribution is -2.17. The van der Waals surface area contributed by atoms with Crippen LogP contribution < -0.4 is 5.56 Å². The fourth-order valence-corrected chi connectivity index (χ4v) is 1.93. The predicted octanol–water partition coefficient (Wildman–Crippen LogP) is 1.29. The second-order valence-electron chi connectivity index (χ2n) is 3.84. The molecule has 72 valence electrons. The molecule has 3 rings (SSSR count). The Morgan fingerprint density at radius 1 is 1.43 bits per heavy atom. The fraction of sp³-hybridized carbons (Fsp3) is 0.400. The Hall–Kier alpha value is -1.58. The van der Waals surface area contributed by atoms with E-state index >= 15 is 0 Å². The smallest absolute Gasteiger partial charge is 0.271 e. The Balaban J connectivity index is 2.21. The maximum absolute atomic E-state index is 11.6. The van der Waals surface area contributed by atoms with Gasteiger partial charge in [-0.3, -0.25) is 9.89 Å². The van der Waals surface area contributed by atoms with Crippen molar-refractivity contribution in [3.05, 3.63) is 34.4 Å². The summed E-state index contributed by atoms with van der Waals surface area (Å²) in [7, 11) is 0. The quantitative estimate of drug-likeness (QED) is 0.734. The second kappa shape index (κ2) is 2.70. The number of pyridine rings is 1. The van der Waals surface area contributed by atoms with Gasteiger partial charge in [0, 0.05) is 6.07 Å². The van der Waals surface area contributed by atoms with Gasteiger partial charge < -0.3 is 0 Å². The van der Waals surface area contributed by atoms with Crippen molar-refractivity contribution < 1.29 is 0 Å². The molecule has 2 aromatic heterocycles. The lowest BCUT2D eigenvalue weighted by molar-refractivity contribution is 0.419. The van der Waals surface area contributed by atoms with E-state index < -0.39 is 0 Å². The lowest BCUT2D eigenvalue weighted by atomic mass is 9.80. The normalized spacial score (nSPS) is 17.1. The van der Waals surface area contributed by atoms with E-state index in [2.05, 4.69) is 10.1 Å². The third-order valence-corrected chi connectivity index (χ3v) is 3.00. The summed E-state index contributed by atoms with van der Waals surface area (Å²) < 4.78 is 1.46. The zero-order valence-corrected chi connectivity index (χ0v) is 7.73. The van der Waals surface area contributed by atoms with Gasteiger partial charge >= 0.3 is 0 Å². The lowest BCUT2D eigenvalue weighted by Gasteiger charge is -2.25. The molecule has 0 bridgehead atoms. The predicted molar refractivity (Wildman–Crippen MR) is 52.4 cm³/mol. The van der Waals surface area contributed by atoms with Crippen LogP contribution in [0, 0.1) is 0 Å². The molecule has 0 amide bonds. The molecular weight excluding hydrogens is 178 g/mol. The van der Waals surface area contributed by atoms with Crippen LogP contribution in [-0.4, -0.2) is 14.6 Å². The molecule has 0 unspecified atom stereocenters. The first-order valence-corrected chi connectivity index (χ1v) is 4.91. The summed E-state index contributed by atoms with van der Waals surface area (Å²) in [5.74, 6) is 0.587. The molecular formula is C10H11N3O. The highest BCUT2D eigenvalue weighted by Gasteiger charge is 2.20. The Bertz CT molecular complexity index is 521. The number of aromatic nitrogens is 3. The summed E-state index contributed by atoms with van der Waals surface area (Å²) in [4.78, 5) is 15.7. The van der Waals surface area contributed by atoms with Gasteiger partial charge in [0.1, 0.15) is 6.33 Å². The molecule has 0 saturated heterocycles. The summed E-state index contributed by atoms with van der Waals surface area (Å²) >= 11 is 0. The topological polar surface area (TPSA) is 50.2 Å². The average molecular weight is 189 g/mol. The van der Waals surface area contributed by atoms with Crippen LogP contribution in [0.5, 0.6) is 0 Å². The van der Waals surface area contributed by atoms with Crippen LogP contribution in [0.4, 0.5) is 0 Å². The highest BCUT2D eigenvalue weighted by atomic mass is 16.1. The summed E-state index contributed by atoms with van der Waals surface area (Å²) in [6.07, 6.45) is 5.24. The van der Waals surface area contributed by atoms with E-state index in [1.807, 2.05) is 6.07 Å². The van der Waals surface area contributed by atoms with Gasteiger partial charge in [0.15, 0.2) is 5.65 Å². The van der Waals surface area contributed by atoms with E-state index in [9.17, 15) is 4.79 Å². The molecule has 1 aliphatic carbocycles. The summed E-state index contributed by atoms with van der Waals surface area (Å²) in [5, 5.41) is 2.78. The molecule has 2 aromatic rings. The van der Waals surface area contributed by atoms with E-state index in [1.54, 1.807) is 12.4 Å². The van der Waals surface area contributed by atoms with E-state index in [-0.39, 0.29) is 5.56 Å². The van der Waals surface area contributed by atoms with E-state index in [0.29, 0.717) is 5.92 Å².